The normalized spacial score (nSPS) is 11.8. The highest BCUT2D eigenvalue weighted by atomic mass is 32.2. The molecule has 6 heteroatoms. The van der Waals surface area contributed by atoms with E-state index in [1.807, 2.05) is 6.92 Å². The minimum absolute atomic E-state index is 0.276. The molecule has 0 aliphatic carbocycles. The van der Waals surface area contributed by atoms with E-state index in [0.717, 1.165) is 17.8 Å². The molecule has 1 aromatic heterocycles. The molecular weight excluding hydrogens is 208 g/mol. The molecule has 0 atom stereocenters. The molecule has 1 rings (SSSR count). The second-order valence-corrected chi connectivity index (χ2v) is 5.50. The summed E-state index contributed by atoms with van der Waals surface area (Å²) in [7, 11) is -3.31. The summed E-state index contributed by atoms with van der Waals surface area (Å²) in [4.78, 5) is 0. The molecule has 4 nitrogen and oxygen atoms in total. The highest BCUT2D eigenvalue weighted by Gasteiger charge is 2.14. The van der Waals surface area contributed by atoms with E-state index >= 15 is 0 Å². The predicted octanol–water partition coefficient (Wildman–Crippen LogP) is 1.02. The molecule has 74 valence electrons. The van der Waals surface area contributed by atoms with Gasteiger partial charge in [0.1, 0.15) is 4.21 Å². The first kappa shape index (κ1) is 10.5. The van der Waals surface area contributed by atoms with Gasteiger partial charge < -0.3 is 5.73 Å². The summed E-state index contributed by atoms with van der Waals surface area (Å²) in [5.74, 6) is 0. The summed E-state index contributed by atoms with van der Waals surface area (Å²) < 4.78 is 25.6. The van der Waals surface area contributed by atoms with Crippen molar-refractivity contribution in [3.8, 4) is 0 Å². The highest BCUT2D eigenvalue weighted by molar-refractivity contribution is 7.91. The van der Waals surface area contributed by atoms with Gasteiger partial charge in [0.15, 0.2) is 0 Å². The zero-order valence-corrected chi connectivity index (χ0v) is 8.91. The molecule has 0 bridgehead atoms. The van der Waals surface area contributed by atoms with Gasteiger partial charge in [-0.2, -0.15) is 0 Å². The van der Waals surface area contributed by atoms with Crippen molar-refractivity contribution in [1.82, 2.24) is 4.72 Å². The van der Waals surface area contributed by atoms with Crippen LogP contribution in [0.2, 0.25) is 0 Å². The fourth-order valence-electron chi connectivity index (χ4n) is 0.779. The molecule has 13 heavy (non-hydrogen) atoms. The van der Waals surface area contributed by atoms with Gasteiger partial charge in [-0.25, -0.2) is 13.1 Å². The van der Waals surface area contributed by atoms with E-state index < -0.39 is 10.0 Å². The summed E-state index contributed by atoms with van der Waals surface area (Å²) >= 11 is 1.13. The average molecular weight is 220 g/mol. The van der Waals surface area contributed by atoms with Gasteiger partial charge in [-0.15, -0.1) is 11.3 Å². The quantitative estimate of drug-likeness (QED) is 0.795. The van der Waals surface area contributed by atoms with E-state index in [-0.39, 0.29) is 4.21 Å². The zero-order valence-electron chi connectivity index (χ0n) is 7.28. The van der Waals surface area contributed by atoms with Crippen molar-refractivity contribution in [1.29, 1.82) is 0 Å². The standard InChI is InChI=1S/C7H12N2O2S2/c1-2-3-9-13(10,11)7-4-6(8)5-12-7/h4-5,9H,2-3,8H2,1H3. The molecule has 0 aromatic carbocycles. The Balaban J connectivity index is 2.82. The topological polar surface area (TPSA) is 72.2 Å². The lowest BCUT2D eigenvalue weighted by molar-refractivity contribution is 0.583. The molecule has 0 aliphatic rings. The first-order valence-electron chi connectivity index (χ1n) is 3.90. The average Bonchev–Trinajstić information content (AvgIpc) is 2.49. The molecule has 0 aliphatic heterocycles. The maximum Gasteiger partial charge on any atom is 0.250 e. The number of sulfonamides is 1. The van der Waals surface area contributed by atoms with E-state index in [9.17, 15) is 8.42 Å². The van der Waals surface area contributed by atoms with Crippen molar-refractivity contribution in [2.75, 3.05) is 12.3 Å². The number of anilines is 1. The van der Waals surface area contributed by atoms with Crippen molar-refractivity contribution in [2.45, 2.75) is 17.6 Å². The second kappa shape index (κ2) is 4.08. The van der Waals surface area contributed by atoms with Crippen LogP contribution in [0.1, 0.15) is 13.3 Å². The van der Waals surface area contributed by atoms with Gasteiger partial charge in [-0.1, -0.05) is 6.92 Å². The van der Waals surface area contributed by atoms with Gasteiger partial charge in [0.05, 0.1) is 0 Å². The Hall–Kier alpha value is -0.590. The first-order chi connectivity index (χ1) is 6.06. The fourth-order valence-corrected chi connectivity index (χ4v) is 3.04. The van der Waals surface area contributed by atoms with Crippen molar-refractivity contribution in [3.05, 3.63) is 11.4 Å². The summed E-state index contributed by atoms with van der Waals surface area (Å²) in [6, 6.07) is 1.46. The van der Waals surface area contributed by atoms with Crippen LogP contribution in [0.15, 0.2) is 15.7 Å². The Kier molecular flexibility index (Phi) is 3.29. The molecule has 1 aromatic rings. The van der Waals surface area contributed by atoms with Crippen LogP contribution in [0.5, 0.6) is 0 Å². The van der Waals surface area contributed by atoms with E-state index in [2.05, 4.69) is 4.72 Å². The van der Waals surface area contributed by atoms with Gasteiger partial charge in [0.25, 0.3) is 0 Å². The lowest BCUT2D eigenvalue weighted by Crippen LogP contribution is -2.23. The Bertz CT molecular complexity index is 370. The largest absolute Gasteiger partial charge is 0.398 e. The number of hydrogen-bond donors (Lipinski definition) is 2. The summed E-state index contributed by atoms with van der Waals surface area (Å²) in [6.07, 6.45) is 0.778. The minimum Gasteiger partial charge on any atom is -0.398 e. The van der Waals surface area contributed by atoms with Gasteiger partial charge in [0, 0.05) is 17.6 Å². The van der Waals surface area contributed by atoms with Crippen LogP contribution in [0.4, 0.5) is 5.69 Å². The number of rotatable bonds is 4. The van der Waals surface area contributed by atoms with E-state index in [0.29, 0.717) is 12.2 Å². The third-order valence-electron chi connectivity index (χ3n) is 1.40. The first-order valence-corrected chi connectivity index (χ1v) is 6.26. The molecule has 0 amide bonds. The molecule has 0 fully saturated rings. The third kappa shape index (κ3) is 2.68. The van der Waals surface area contributed by atoms with Gasteiger partial charge in [-0.05, 0) is 12.5 Å². The maximum absolute atomic E-state index is 11.4. The summed E-state index contributed by atoms with van der Waals surface area (Å²) in [5.41, 5.74) is 5.91. The van der Waals surface area contributed by atoms with Gasteiger partial charge in [-0.3, -0.25) is 0 Å². The lowest BCUT2D eigenvalue weighted by atomic mass is 10.5. The number of nitrogens with two attached hydrogens (primary N) is 1. The van der Waals surface area contributed by atoms with Crippen molar-refractivity contribution < 1.29 is 8.42 Å². The highest BCUT2D eigenvalue weighted by Crippen LogP contribution is 2.20. The van der Waals surface area contributed by atoms with Crippen LogP contribution >= 0.6 is 11.3 Å². The molecule has 1 heterocycles. The zero-order chi connectivity index (χ0) is 9.90. The SMILES string of the molecule is CCCNS(=O)(=O)c1cc(N)cs1. The molecule has 0 spiro atoms. The minimum atomic E-state index is -3.31. The summed E-state index contributed by atoms with van der Waals surface area (Å²) in [5, 5.41) is 1.61. The Morgan fingerprint density at radius 1 is 1.62 bits per heavy atom. The molecule has 0 unspecified atom stereocenters. The van der Waals surface area contributed by atoms with Crippen molar-refractivity contribution in [3.63, 3.8) is 0 Å². The van der Waals surface area contributed by atoms with Gasteiger partial charge in [0.2, 0.25) is 10.0 Å². The van der Waals surface area contributed by atoms with Crippen LogP contribution in [-0.4, -0.2) is 15.0 Å². The summed E-state index contributed by atoms with van der Waals surface area (Å²) in [6.45, 7) is 2.37. The van der Waals surface area contributed by atoms with Crippen molar-refractivity contribution >= 4 is 27.0 Å². The van der Waals surface area contributed by atoms with E-state index in [4.69, 9.17) is 5.73 Å². The van der Waals surface area contributed by atoms with E-state index in [1.54, 1.807) is 5.38 Å². The van der Waals surface area contributed by atoms with Crippen LogP contribution in [0.3, 0.4) is 0 Å². The molecule has 0 radical (unpaired) electrons. The smallest absolute Gasteiger partial charge is 0.250 e. The van der Waals surface area contributed by atoms with Crippen LogP contribution in [-0.2, 0) is 10.0 Å². The monoisotopic (exact) mass is 220 g/mol. The number of thiophene rings is 1. The van der Waals surface area contributed by atoms with Crippen molar-refractivity contribution in [2.24, 2.45) is 0 Å². The maximum atomic E-state index is 11.4. The number of nitrogens with one attached hydrogen (secondary N) is 1. The molecule has 0 saturated heterocycles. The Morgan fingerprint density at radius 3 is 2.77 bits per heavy atom. The Labute approximate surface area is 81.8 Å². The molecule has 3 N–H and O–H groups in total. The van der Waals surface area contributed by atoms with Crippen LogP contribution < -0.4 is 10.5 Å². The second-order valence-electron chi connectivity index (χ2n) is 2.60. The molecular formula is C7H12N2O2S2. The third-order valence-corrected chi connectivity index (χ3v) is 4.32. The lowest BCUT2D eigenvalue weighted by Gasteiger charge is -2.01. The predicted molar refractivity (Wildman–Crippen MR) is 54.2 cm³/mol. The van der Waals surface area contributed by atoms with E-state index in [1.165, 1.54) is 6.07 Å². The Morgan fingerprint density at radius 2 is 2.31 bits per heavy atom. The van der Waals surface area contributed by atoms with Crippen LogP contribution in [0, 0.1) is 0 Å². The van der Waals surface area contributed by atoms with Crippen LogP contribution in [0.25, 0.3) is 0 Å². The van der Waals surface area contributed by atoms with Gasteiger partial charge >= 0.3 is 0 Å². The number of hydrogen-bond acceptors (Lipinski definition) is 4. The number of nitrogen functional groups attached to an aromatic ring is 1. The fraction of sp³-hybridized carbons (Fsp3) is 0.429. The molecule has 0 saturated carbocycles.